The molecule has 0 aliphatic carbocycles. The third-order valence-corrected chi connectivity index (χ3v) is 5.47. The van der Waals surface area contributed by atoms with Gasteiger partial charge in [0.25, 0.3) is 0 Å². The molecule has 0 saturated carbocycles. The molecular formula is C21H17NO2. The Morgan fingerprint density at radius 2 is 1.75 bits per heavy atom. The van der Waals surface area contributed by atoms with E-state index in [1.807, 2.05) is 37.4 Å². The third kappa shape index (κ3) is 1.59. The van der Waals surface area contributed by atoms with Crippen LogP contribution in [0.25, 0.3) is 10.8 Å². The number of nitrogens with zero attached hydrogens (tertiary/aromatic N) is 1. The molecule has 1 atom stereocenters. The van der Waals surface area contributed by atoms with E-state index < -0.39 is 0 Å². The van der Waals surface area contributed by atoms with E-state index in [1.54, 1.807) is 4.90 Å². The summed E-state index contributed by atoms with van der Waals surface area (Å²) in [6.45, 7) is 0.521. The van der Waals surface area contributed by atoms with Crippen LogP contribution < -0.4 is 9.64 Å². The smallest absolute Gasteiger partial charge is 0.228 e. The van der Waals surface area contributed by atoms with Crippen LogP contribution in [-0.2, 0) is 10.2 Å². The minimum absolute atomic E-state index is 0.137. The van der Waals surface area contributed by atoms with Crippen LogP contribution in [0.15, 0.2) is 60.7 Å². The van der Waals surface area contributed by atoms with Crippen molar-refractivity contribution >= 4 is 22.4 Å². The van der Waals surface area contributed by atoms with Crippen molar-refractivity contribution < 1.29 is 9.53 Å². The van der Waals surface area contributed by atoms with Crippen molar-refractivity contribution in [2.24, 2.45) is 0 Å². The fourth-order valence-corrected chi connectivity index (χ4v) is 4.19. The van der Waals surface area contributed by atoms with E-state index in [0.717, 1.165) is 22.4 Å². The highest BCUT2D eigenvalue weighted by molar-refractivity contribution is 6.00. The number of para-hydroxylation sites is 1. The number of hydrogen-bond donors (Lipinski definition) is 0. The summed E-state index contributed by atoms with van der Waals surface area (Å²) in [4.78, 5) is 14.4. The number of benzene rings is 3. The van der Waals surface area contributed by atoms with Gasteiger partial charge < -0.3 is 9.64 Å². The normalized spacial score (nSPS) is 21.7. The first-order chi connectivity index (χ1) is 11.7. The molecule has 0 N–H and O–H groups in total. The first-order valence-corrected chi connectivity index (χ1v) is 8.22. The predicted octanol–water partition coefficient (Wildman–Crippen LogP) is 3.88. The van der Waals surface area contributed by atoms with Crippen LogP contribution in [0.3, 0.4) is 0 Å². The lowest BCUT2D eigenvalue weighted by atomic mass is 9.70. The summed E-state index contributed by atoms with van der Waals surface area (Å²) in [5, 5.41) is 2.29. The second-order valence-electron chi connectivity index (χ2n) is 6.68. The number of fused-ring (bicyclic) bond motifs is 6. The maximum absolute atomic E-state index is 12.7. The van der Waals surface area contributed by atoms with Gasteiger partial charge in [-0.15, -0.1) is 0 Å². The minimum Gasteiger partial charge on any atom is -0.491 e. The van der Waals surface area contributed by atoms with Gasteiger partial charge in [-0.2, -0.15) is 0 Å². The first-order valence-electron chi connectivity index (χ1n) is 8.22. The number of amides is 1. The zero-order valence-corrected chi connectivity index (χ0v) is 13.5. The Bertz CT molecular complexity index is 994. The molecular weight excluding hydrogens is 298 g/mol. The first kappa shape index (κ1) is 13.6. The molecule has 1 amide bonds. The number of carbonyl (C=O) groups excluding carboxylic acids is 1. The second-order valence-corrected chi connectivity index (χ2v) is 6.68. The molecule has 3 aromatic rings. The quantitative estimate of drug-likeness (QED) is 0.630. The van der Waals surface area contributed by atoms with Crippen LogP contribution >= 0.6 is 0 Å². The van der Waals surface area contributed by atoms with Crippen molar-refractivity contribution in [3.63, 3.8) is 0 Å². The molecule has 1 unspecified atom stereocenters. The molecule has 0 radical (unpaired) electrons. The SMILES string of the molecule is CN1C(=O)CC2(COc3c2ccc2ccccc32)c2ccccc21. The van der Waals surface area contributed by atoms with Crippen LogP contribution in [0.4, 0.5) is 5.69 Å². The van der Waals surface area contributed by atoms with Gasteiger partial charge in [-0.25, -0.2) is 0 Å². The Hall–Kier alpha value is -2.81. The van der Waals surface area contributed by atoms with Gasteiger partial charge in [0.2, 0.25) is 5.91 Å². The van der Waals surface area contributed by atoms with Gasteiger partial charge in [0.1, 0.15) is 12.4 Å². The van der Waals surface area contributed by atoms with Crippen molar-refractivity contribution in [2.45, 2.75) is 11.8 Å². The van der Waals surface area contributed by atoms with Crippen LogP contribution in [0.5, 0.6) is 5.75 Å². The molecule has 2 aliphatic heterocycles. The Morgan fingerprint density at radius 1 is 0.958 bits per heavy atom. The molecule has 0 saturated heterocycles. The van der Waals surface area contributed by atoms with E-state index in [9.17, 15) is 4.79 Å². The van der Waals surface area contributed by atoms with Crippen molar-refractivity contribution in [1.82, 2.24) is 0 Å². The summed E-state index contributed by atoms with van der Waals surface area (Å²) in [5.41, 5.74) is 2.93. The van der Waals surface area contributed by atoms with E-state index in [4.69, 9.17) is 4.74 Å². The topological polar surface area (TPSA) is 29.5 Å². The predicted molar refractivity (Wildman–Crippen MR) is 94.7 cm³/mol. The molecule has 0 aromatic heterocycles. The van der Waals surface area contributed by atoms with Crippen LogP contribution in [0.1, 0.15) is 17.5 Å². The standard InChI is InChI=1S/C21H17NO2/c1-22-18-9-5-4-8-16(18)21(12-19(22)23)13-24-20-15-7-3-2-6-14(15)10-11-17(20)21/h2-11H,12-13H2,1H3. The van der Waals surface area contributed by atoms with E-state index >= 15 is 0 Å². The van der Waals surface area contributed by atoms with E-state index in [2.05, 4.69) is 30.3 Å². The molecule has 0 bridgehead atoms. The monoisotopic (exact) mass is 315 g/mol. The van der Waals surface area contributed by atoms with Crippen molar-refractivity contribution in [2.75, 3.05) is 18.6 Å². The van der Waals surface area contributed by atoms with Crippen molar-refractivity contribution in [3.8, 4) is 5.75 Å². The Balaban J connectivity index is 1.82. The molecule has 2 heterocycles. The number of carbonyl (C=O) groups is 1. The summed E-state index contributed by atoms with van der Waals surface area (Å²) in [7, 11) is 1.85. The highest BCUT2D eigenvalue weighted by Gasteiger charge is 2.49. The van der Waals surface area contributed by atoms with E-state index in [0.29, 0.717) is 13.0 Å². The zero-order valence-electron chi connectivity index (χ0n) is 13.5. The fraction of sp³-hybridized carbons (Fsp3) is 0.190. The lowest BCUT2D eigenvalue weighted by Crippen LogP contribution is -2.44. The number of hydrogen-bond acceptors (Lipinski definition) is 2. The van der Waals surface area contributed by atoms with Gasteiger partial charge in [0.15, 0.2) is 0 Å². The number of anilines is 1. The van der Waals surface area contributed by atoms with E-state index in [1.165, 1.54) is 10.9 Å². The second kappa shape index (κ2) is 4.60. The highest BCUT2D eigenvalue weighted by Crippen LogP contribution is 2.52. The minimum atomic E-state index is -0.375. The Morgan fingerprint density at radius 3 is 2.67 bits per heavy atom. The average molecular weight is 315 g/mol. The number of ether oxygens (including phenoxy) is 1. The molecule has 3 nitrogen and oxygen atoms in total. The molecule has 118 valence electrons. The lowest BCUT2D eigenvalue weighted by Gasteiger charge is -2.38. The van der Waals surface area contributed by atoms with Crippen LogP contribution in [-0.4, -0.2) is 19.6 Å². The van der Waals surface area contributed by atoms with Gasteiger partial charge >= 0.3 is 0 Å². The molecule has 24 heavy (non-hydrogen) atoms. The van der Waals surface area contributed by atoms with Gasteiger partial charge in [0.05, 0.1) is 5.41 Å². The largest absolute Gasteiger partial charge is 0.491 e. The highest BCUT2D eigenvalue weighted by atomic mass is 16.5. The molecule has 1 spiro atoms. The third-order valence-electron chi connectivity index (χ3n) is 5.47. The fourth-order valence-electron chi connectivity index (χ4n) is 4.19. The molecule has 5 rings (SSSR count). The summed E-state index contributed by atoms with van der Waals surface area (Å²) in [6, 6.07) is 20.7. The Kier molecular flexibility index (Phi) is 2.61. The lowest BCUT2D eigenvalue weighted by molar-refractivity contribution is -0.119. The molecule has 3 aromatic carbocycles. The summed E-state index contributed by atoms with van der Waals surface area (Å²) < 4.78 is 6.17. The molecule has 3 heteroatoms. The van der Waals surface area contributed by atoms with E-state index in [-0.39, 0.29) is 11.3 Å². The number of rotatable bonds is 0. The van der Waals surface area contributed by atoms with Crippen LogP contribution in [0, 0.1) is 0 Å². The van der Waals surface area contributed by atoms with Crippen molar-refractivity contribution in [1.29, 1.82) is 0 Å². The summed E-state index contributed by atoms with van der Waals surface area (Å²) in [5.74, 6) is 1.07. The van der Waals surface area contributed by atoms with Gasteiger partial charge in [-0.1, -0.05) is 54.6 Å². The van der Waals surface area contributed by atoms with Crippen LogP contribution in [0.2, 0.25) is 0 Å². The average Bonchev–Trinajstić information content (AvgIpc) is 3.00. The zero-order chi connectivity index (χ0) is 16.3. The summed E-state index contributed by atoms with van der Waals surface area (Å²) >= 11 is 0. The van der Waals surface area contributed by atoms with Gasteiger partial charge in [-0.05, 0) is 17.0 Å². The van der Waals surface area contributed by atoms with Crippen molar-refractivity contribution in [3.05, 3.63) is 71.8 Å². The summed E-state index contributed by atoms with van der Waals surface area (Å²) in [6.07, 6.45) is 0.450. The Labute approximate surface area is 140 Å². The molecule has 0 fully saturated rings. The maximum Gasteiger partial charge on any atom is 0.228 e. The molecule has 2 aliphatic rings. The van der Waals surface area contributed by atoms with Gasteiger partial charge in [-0.3, -0.25) is 4.79 Å². The van der Waals surface area contributed by atoms with Gasteiger partial charge in [0, 0.05) is 30.1 Å². The maximum atomic E-state index is 12.7.